The molecule has 7 heteroatoms. The Kier molecular flexibility index (Phi) is 6.09. The maximum Gasteiger partial charge on any atom is 0.209 e. The first-order valence-corrected chi connectivity index (χ1v) is 7.95. The molecule has 2 N–H and O–H groups in total. The first-order chi connectivity index (χ1) is 9.37. The van der Waals surface area contributed by atoms with Crippen LogP contribution in [0, 0.1) is 6.92 Å². The third kappa shape index (κ3) is 5.26. The number of unbranched alkanes of at least 4 members (excludes halogenated alkanes) is 1. The highest BCUT2D eigenvalue weighted by molar-refractivity contribution is 7.89. The summed E-state index contributed by atoms with van der Waals surface area (Å²) in [6, 6.07) is 3.70. The third-order valence-corrected chi connectivity index (χ3v) is 3.53. The van der Waals surface area contributed by atoms with Crippen molar-refractivity contribution in [2.45, 2.75) is 19.8 Å². The molecule has 1 rings (SSSR count). The maximum atomic E-state index is 10.8. The minimum Gasteiger partial charge on any atom is -0.493 e. The molecule has 0 amide bonds. The van der Waals surface area contributed by atoms with Crippen molar-refractivity contribution >= 4 is 10.0 Å². The van der Waals surface area contributed by atoms with E-state index in [2.05, 4.69) is 0 Å². The molecule has 0 heterocycles. The van der Waals surface area contributed by atoms with E-state index in [1.807, 2.05) is 19.1 Å². The van der Waals surface area contributed by atoms with E-state index in [0.29, 0.717) is 36.7 Å². The van der Waals surface area contributed by atoms with Crippen molar-refractivity contribution in [3.05, 3.63) is 17.7 Å². The van der Waals surface area contributed by atoms with E-state index in [1.165, 1.54) is 0 Å². The van der Waals surface area contributed by atoms with Gasteiger partial charge in [0.25, 0.3) is 0 Å². The van der Waals surface area contributed by atoms with Crippen molar-refractivity contribution in [2.75, 3.05) is 26.6 Å². The zero-order chi connectivity index (χ0) is 15.2. The Morgan fingerprint density at radius 2 is 1.65 bits per heavy atom. The summed E-state index contributed by atoms with van der Waals surface area (Å²) in [5.41, 5.74) is 1.00. The monoisotopic (exact) mass is 303 g/mol. The van der Waals surface area contributed by atoms with Gasteiger partial charge >= 0.3 is 0 Å². The quantitative estimate of drug-likeness (QED) is 0.735. The zero-order valence-electron chi connectivity index (χ0n) is 12.0. The average Bonchev–Trinajstić information content (AvgIpc) is 2.37. The number of sulfonamides is 1. The molecule has 0 aromatic heterocycles. The number of primary sulfonamides is 1. The molecule has 0 saturated carbocycles. The molecule has 1 aromatic carbocycles. The van der Waals surface area contributed by atoms with E-state index >= 15 is 0 Å². The second kappa shape index (κ2) is 7.35. The van der Waals surface area contributed by atoms with Crippen LogP contribution in [-0.4, -0.2) is 35.0 Å². The topological polar surface area (TPSA) is 87.8 Å². The number of aryl methyl sites for hydroxylation is 1. The molecule has 114 valence electrons. The number of ether oxygens (including phenoxy) is 3. The Bertz CT molecular complexity index is 517. The molecular formula is C13H21NO5S. The summed E-state index contributed by atoms with van der Waals surface area (Å²) >= 11 is 0. The van der Waals surface area contributed by atoms with Crippen LogP contribution >= 0.6 is 0 Å². The number of hydrogen-bond donors (Lipinski definition) is 1. The number of rotatable bonds is 8. The van der Waals surface area contributed by atoms with Crippen LogP contribution in [0.5, 0.6) is 17.2 Å². The van der Waals surface area contributed by atoms with E-state index in [0.717, 1.165) is 5.56 Å². The largest absolute Gasteiger partial charge is 0.493 e. The molecule has 0 spiro atoms. The van der Waals surface area contributed by atoms with Gasteiger partial charge in [0.2, 0.25) is 15.8 Å². The minimum atomic E-state index is -3.41. The lowest BCUT2D eigenvalue weighted by Crippen LogP contribution is -2.16. The summed E-state index contributed by atoms with van der Waals surface area (Å²) in [4.78, 5) is 0. The SMILES string of the molecule is COc1cc(C)cc(OC)c1OCCCCS(N)(=O)=O. The van der Waals surface area contributed by atoms with Gasteiger partial charge < -0.3 is 14.2 Å². The standard InChI is InChI=1S/C13H21NO5S/c1-10-8-11(17-2)13(12(9-10)18-3)19-6-4-5-7-20(14,15)16/h8-9H,4-7H2,1-3H3,(H2,14,15,16). The molecular weight excluding hydrogens is 282 g/mol. The van der Waals surface area contributed by atoms with Crippen LogP contribution in [0.25, 0.3) is 0 Å². The van der Waals surface area contributed by atoms with Gasteiger partial charge in [-0.15, -0.1) is 0 Å². The van der Waals surface area contributed by atoms with Crippen molar-refractivity contribution in [1.29, 1.82) is 0 Å². The van der Waals surface area contributed by atoms with Crippen LogP contribution in [0.2, 0.25) is 0 Å². The molecule has 0 radical (unpaired) electrons. The Morgan fingerprint density at radius 3 is 2.10 bits per heavy atom. The molecule has 0 unspecified atom stereocenters. The summed E-state index contributed by atoms with van der Waals surface area (Å²) in [5.74, 6) is 1.66. The lowest BCUT2D eigenvalue weighted by molar-refractivity contribution is 0.270. The molecule has 0 saturated heterocycles. The smallest absolute Gasteiger partial charge is 0.209 e. The van der Waals surface area contributed by atoms with Gasteiger partial charge in [0.15, 0.2) is 11.5 Å². The Hall–Kier alpha value is -1.47. The Morgan fingerprint density at radius 1 is 1.10 bits per heavy atom. The van der Waals surface area contributed by atoms with Gasteiger partial charge in [-0.25, -0.2) is 13.6 Å². The fraction of sp³-hybridized carbons (Fsp3) is 0.538. The van der Waals surface area contributed by atoms with E-state index in [-0.39, 0.29) is 5.75 Å². The van der Waals surface area contributed by atoms with Gasteiger partial charge in [-0.2, -0.15) is 0 Å². The summed E-state index contributed by atoms with van der Waals surface area (Å²) < 4.78 is 37.8. The van der Waals surface area contributed by atoms with Crippen LogP contribution in [-0.2, 0) is 10.0 Å². The van der Waals surface area contributed by atoms with Gasteiger partial charge in [0, 0.05) is 0 Å². The highest BCUT2D eigenvalue weighted by Gasteiger charge is 2.13. The predicted octanol–water partition coefficient (Wildman–Crippen LogP) is 1.46. The van der Waals surface area contributed by atoms with Gasteiger partial charge in [-0.3, -0.25) is 0 Å². The van der Waals surface area contributed by atoms with E-state index in [1.54, 1.807) is 14.2 Å². The van der Waals surface area contributed by atoms with Crippen molar-refractivity contribution < 1.29 is 22.6 Å². The molecule has 6 nitrogen and oxygen atoms in total. The normalized spacial score (nSPS) is 11.2. The van der Waals surface area contributed by atoms with E-state index < -0.39 is 10.0 Å². The predicted molar refractivity (Wildman–Crippen MR) is 77.0 cm³/mol. The number of nitrogens with two attached hydrogens (primary N) is 1. The fourth-order valence-electron chi connectivity index (χ4n) is 1.73. The second-order valence-corrected chi connectivity index (χ2v) is 6.16. The highest BCUT2D eigenvalue weighted by atomic mass is 32.2. The highest BCUT2D eigenvalue weighted by Crippen LogP contribution is 2.38. The molecule has 0 bridgehead atoms. The van der Waals surface area contributed by atoms with Gasteiger partial charge in [0.05, 0.1) is 26.6 Å². The van der Waals surface area contributed by atoms with Crippen molar-refractivity contribution in [1.82, 2.24) is 0 Å². The number of benzene rings is 1. The van der Waals surface area contributed by atoms with Crippen LogP contribution < -0.4 is 19.3 Å². The van der Waals surface area contributed by atoms with Crippen molar-refractivity contribution in [2.24, 2.45) is 5.14 Å². The summed E-state index contributed by atoms with van der Waals surface area (Å²) in [7, 11) is -0.290. The zero-order valence-corrected chi connectivity index (χ0v) is 12.8. The minimum absolute atomic E-state index is 0.0431. The van der Waals surface area contributed by atoms with Gasteiger partial charge in [-0.05, 0) is 37.5 Å². The third-order valence-electron chi connectivity index (χ3n) is 2.67. The maximum absolute atomic E-state index is 10.8. The fourth-order valence-corrected chi connectivity index (χ4v) is 2.34. The van der Waals surface area contributed by atoms with Crippen LogP contribution in [0.4, 0.5) is 0 Å². The lowest BCUT2D eigenvalue weighted by Gasteiger charge is -2.15. The first-order valence-electron chi connectivity index (χ1n) is 6.23. The second-order valence-electron chi connectivity index (χ2n) is 4.42. The molecule has 1 aromatic rings. The number of hydrogen-bond acceptors (Lipinski definition) is 5. The molecule has 0 atom stereocenters. The molecule has 0 aliphatic heterocycles. The number of methoxy groups -OCH3 is 2. The van der Waals surface area contributed by atoms with Crippen LogP contribution in [0.15, 0.2) is 12.1 Å². The average molecular weight is 303 g/mol. The van der Waals surface area contributed by atoms with Crippen LogP contribution in [0.1, 0.15) is 18.4 Å². The molecule has 20 heavy (non-hydrogen) atoms. The Balaban J connectivity index is 2.63. The summed E-state index contributed by atoms with van der Waals surface area (Å²) in [5, 5.41) is 4.93. The lowest BCUT2D eigenvalue weighted by atomic mass is 10.2. The van der Waals surface area contributed by atoms with Gasteiger partial charge in [0.1, 0.15) is 0 Å². The summed E-state index contributed by atoms with van der Waals surface area (Å²) in [6.07, 6.45) is 1.03. The molecule has 0 aliphatic rings. The Labute approximate surface area is 119 Å². The van der Waals surface area contributed by atoms with E-state index in [9.17, 15) is 8.42 Å². The first kappa shape index (κ1) is 16.6. The van der Waals surface area contributed by atoms with Crippen molar-refractivity contribution in [3.8, 4) is 17.2 Å². The van der Waals surface area contributed by atoms with Crippen LogP contribution in [0.3, 0.4) is 0 Å². The van der Waals surface area contributed by atoms with Crippen molar-refractivity contribution in [3.63, 3.8) is 0 Å². The molecule has 0 aliphatic carbocycles. The van der Waals surface area contributed by atoms with E-state index in [4.69, 9.17) is 19.3 Å². The molecule has 0 fully saturated rings. The van der Waals surface area contributed by atoms with Gasteiger partial charge in [-0.1, -0.05) is 0 Å². The summed E-state index contributed by atoms with van der Waals surface area (Å²) in [6.45, 7) is 2.30.